The monoisotopic (exact) mass is 319 g/mol. The lowest BCUT2D eigenvalue weighted by Gasteiger charge is -2.12. The first kappa shape index (κ1) is 16.4. The van der Waals surface area contributed by atoms with Crippen molar-refractivity contribution in [2.75, 3.05) is 0 Å². The minimum atomic E-state index is -0.569. The summed E-state index contributed by atoms with van der Waals surface area (Å²) in [7, 11) is 1.76. The third-order valence-corrected chi connectivity index (χ3v) is 4.65. The number of ketones is 1. The zero-order valence-electron chi connectivity index (χ0n) is 13.6. The minimum absolute atomic E-state index is 0.0909. The van der Waals surface area contributed by atoms with Gasteiger partial charge < -0.3 is 5.32 Å². The van der Waals surface area contributed by atoms with Crippen LogP contribution in [0.4, 0.5) is 0 Å². The number of hydrogen-bond acceptors (Lipinski definition) is 4. The summed E-state index contributed by atoms with van der Waals surface area (Å²) in [5.74, 6) is -1.09. The van der Waals surface area contributed by atoms with Crippen molar-refractivity contribution in [3.63, 3.8) is 0 Å². The van der Waals surface area contributed by atoms with Crippen molar-refractivity contribution in [1.82, 2.24) is 15.1 Å². The van der Waals surface area contributed by atoms with E-state index in [1.807, 2.05) is 6.92 Å². The standard InChI is InChI=1S/C16H21N3O2S/c1-9(8-13-7-6-10(2)22-13)17-16(21)15(20)14-11(3)18-19(5)12(14)4/h6-7,9H,8H2,1-5H3,(H,17,21). The van der Waals surface area contributed by atoms with Gasteiger partial charge in [-0.15, -0.1) is 11.3 Å². The zero-order chi connectivity index (χ0) is 16.4. The van der Waals surface area contributed by atoms with Crippen molar-refractivity contribution in [1.29, 1.82) is 0 Å². The predicted molar refractivity (Wildman–Crippen MR) is 87.4 cm³/mol. The lowest BCUT2D eigenvalue weighted by Crippen LogP contribution is -2.39. The smallest absolute Gasteiger partial charge is 0.292 e. The van der Waals surface area contributed by atoms with Gasteiger partial charge in [-0.25, -0.2) is 0 Å². The van der Waals surface area contributed by atoms with E-state index in [0.29, 0.717) is 17.0 Å². The summed E-state index contributed by atoms with van der Waals surface area (Å²) in [6.45, 7) is 7.49. The Hall–Kier alpha value is -1.95. The molecule has 2 heterocycles. The average Bonchev–Trinajstić information content (AvgIpc) is 2.93. The second kappa shape index (κ2) is 6.44. The van der Waals surface area contributed by atoms with Gasteiger partial charge in [-0.1, -0.05) is 0 Å². The van der Waals surface area contributed by atoms with E-state index >= 15 is 0 Å². The normalized spacial score (nSPS) is 12.2. The number of amides is 1. The Morgan fingerprint density at radius 3 is 2.50 bits per heavy atom. The highest BCUT2D eigenvalue weighted by Crippen LogP contribution is 2.17. The summed E-state index contributed by atoms with van der Waals surface area (Å²) < 4.78 is 1.62. The van der Waals surface area contributed by atoms with E-state index in [2.05, 4.69) is 29.5 Å². The second-order valence-electron chi connectivity index (χ2n) is 5.59. The third kappa shape index (κ3) is 3.44. The molecule has 0 aliphatic carbocycles. The van der Waals surface area contributed by atoms with Gasteiger partial charge in [0.2, 0.25) is 0 Å². The molecule has 1 unspecified atom stereocenters. The number of carbonyl (C=O) groups excluding carboxylic acids is 2. The maximum absolute atomic E-state index is 12.3. The summed E-state index contributed by atoms with van der Waals surface area (Å²) >= 11 is 1.71. The first-order valence-electron chi connectivity index (χ1n) is 7.20. The topological polar surface area (TPSA) is 64.0 Å². The molecule has 0 radical (unpaired) electrons. The van der Waals surface area contributed by atoms with Crippen LogP contribution >= 0.6 is 11.3 Å². The highest BCUT2D eigenvalue weighted by molar-refractivity contribution is 7.11. The summed E-state index contributed by atoms with van der Waals surface area (Å²) in [5, 5.41) is 6.96. The van der Waals surface area contributed by atoms with Gasteiger partial charge >= 0.3 is 0 Å². The van der Waals surface area contributed by atoms with E-state index in [9.17, 15) is 9.59 Å². The molecule has 0 aliphatic rings. The minimum Gasteiger partial charge on any atom is -0.346 e. The van der Waals surface area contributed by atoms with E-state index in [-0.39, 0.29) is 6.04 Å². The van der Waals surface area contributed by atoms with Gasteiger partial charge in [-0.3, -0.25) is 14.3 Å². The highest BCUT2D eigenvalue weighted by Gasteiger charge is 2.24. The van der Waals surface area contributed by atoms with Crippen molar-refractivity contribution in [3.05, 3.63) is 38.8 Å². The van der Waals surface area contributed by atoms with E-state index < -0.39 is 11.7 Å². The molecule has 0 saturated heterocycles. The summed E-state index contributed by atoms with van der Waals surface area (Å²) in [4.78, 5) is 26.9. The van der Waals surface area contributed by atoms with Crippen molar-refractivity contribution >= 4 is 23.0 Å². The number of nitrogens with zero attached hydrogens (tertiary/aromatic N) is 2. The fourth-order valence-electron chi connectivity index (χ4n) is 2.45. The SMILES string of the molecule is Cc1ccc(CC(C)NC(=O)C(=O)c2c(C)nn(C)c2C)s1. The first-order valence-corrected chi connectivity index (χ1v) is 8.02. The molecule has 0 aliphatic heterocycles. The maximum Gasteiger partial charge on any atom is 0.292 e. The number of nitrogens with one attached hydrogen (secondary N) is 1. The molecule has 0 spiro atoms. The van der Waals surface area contributed by atoms with Gasteiger partial charge in [-0.2, -0.15) is 5.10 Å². The van der Waals surface area contributed by atoms with Crippen molar-refractivity contribution in [2.24, 2.45) is 7.05 Å². The molecule has 6 heteroatoms. The molecule has 2 aromatic rings. The van der Waals surface area contributed by atoms with Crippen LogP contribution in [0.1, 0.15) is 38.4 Å². The molecular weight excluding hydrogens is 298 g/mol. The molecule has 0 aromatic carbocycles. The lowest BCUT2D eigenvalue weighted by molar-refractivity contribution is -0.117. The highest BCUT2D eigenvalue weighted by atomic mass is 32.1. The average molecular weight is 319 g/mol. The predicted octanol–water partition coefficient (Wildman–Crippen LogP) is 2.34. The Morgan fingerprint density at radius 2 is 2.00 bits per heavy atom. The van der Waals surface area contributed by atoms with Gasteiger partial charge in [0.25, 0.3) is 11.7 Å². The van der Waals surface area contributed by atoms with Crippen molar-refractivity contribution in [2.45, 2.75) is 40.2 Å². The Bertz CT molecular complexity index is 715. The van der Waals surface area contributed by atoms with E-state index in [4.69, 9.17) is 0 Å². The fraction of sp³-hybridized carbons (Fsp3) is 0.438. The molecule has 22 heavy (non-hydrogen) atoms. The maximum atomic E-state index is 12.3. The van der Waals surface area contributed by atoms with Crippen LogP contribution in [0, 0.1) is 20.8 Å². The molecule has 5 nitrogen and oxygen atoms in total. The van der Waals surface area contributed by atoms with Gasteiger partial charge in [0.05, 0.1) is 11.3 Å². The Morgan fingerprint density at radius 1 is 1.32 bits per heavy atom. The molecule has 1 amide bonds. The van der Waals surface area contributed by atoms with Crippen LogP contribution < -0.4 is 5.32 Å². The largest absolute Gasteiger partial charge is 0.346 e. The summed E-state index contributed by atoms with van der Waals surface area (Å²) in [6, 6.07) is 4.02. The number of rotatable bonds is 5. The molecule has 0 bridgehead atoms. The van der Waals surface area contributed by atoms with Crippen molar-refractivity contribution in [3.8, 4) is 0 Å². The molecular formula is C16H21N3O2S. The molecule has 2 aromatic heterocycles. The molecule has 0 saturated carbocycles. The quantitative estimate of drug-likeness (QED) is 0.679. The molecule has 0 fully saturated rings. The van der Waals surface area contributed by atoms with Gasteiger partial charge in [-0.05, 0) is 39.8 Å². The fourth-order valence-corrected chi connectivity index (χ4v) is 3.47. The van der Waals surface area contributed by atoms with Gasteiger partial charge in [0.15, 0.2) is 0 Å². The number of thiophene rings is 1. The number of Topliss-reactive ketones (excluding diaryl/α,β-unsaturated/α-hetero) is 1. The Kier molecular flexibility index (Phi) is 4.81. The van der Waals surface area contributed by atoms with Crippen molar-refractivity contribution < 1.29 is 9.59 Å². The zero-order valence-corrected chi connectivity index (χ0v) is 14.4. The van der Waals surface area contributed by atoms with Crippen LogP contribution in [-0.2, 0) is 18.3 Å². The Labute approximate surface area is 134 Å². The van der Waals surface area contributed by atoms with Crippen LogP contribution in [0.15, 0.2) is 12.1 Å². The third-order valence-electron chi connectivity index (χ3n) is 3.62. The molecule has 1 atom stereocenters. The number of carbonyl (C=O) groups is 2. The summed E-state index contributed by atoms with van der Waals surface area (Å²) in [5.41, 5.74) is 1.69. The molecule has 1 N–H and O–H groups in total. The van der Waals surface area contributed by atoms with Crippen LogP contribution in [0.2, 0.25) is 0 Å². The van der Waals surface area contributed by atoms with Crippen LogP contribution in [0.25, 0.3) is 0 Å². The van der Waals surface area contributed by atoms with E-state index in [1.54, 1.807) is 36.9 Å². The van der Waals surface area contributed by atoms with Gasteiger partial charge in [0, 0.05) is 35.0 Å². The van der Waals surface area contributed by atoms with E-state index in [0.717, 1.165) is 6.42 Å². The number of aryl methyl sites for hydroxylation is 3. The lowest BCUT2D eigenvalue weighted by atomic mass is 10.1. The molecule has 118 valence electrons. The molecule has 2 rings (SSSR count). The number of hydrogen-bond donors (Lipinski definition) is 1. The van der Waals surface area contributed by atoms with Crippen LogP contribution in [0.3, 0.4) is 0 Å². The number of aromatic nitrogens is 2. The van der Waals surface area contributed by atoms with E-state index in [1.165, 1.54) is 9.75 Å². The van der Waals surface area contributed by atoms with Crippen LogP contribution in [0.5, 0.6) is 0 Å². The second-order valence-corrected chi connectivity index (χ2v) is 6.96. The first-order chi connectivity index (χ1) is 10.3. The van der Waals surface area contributed by atoms with Crippen LogP contribution in [-0.4, -0.2) is 27.5 Å². The Balaban J connectivity index is 2.03. The summed E-state index contributed by atoms with van der Waals surface area (Å²) in [6.07, 6.45) is 0.725. The van der Waals surface area contributed by atoms with Gasteiger partial charge in [0.1, 0.15) is 0 Å².